The van der Waals surface area contributed by atoms with Crippen LogP contribution in [0.2, 0.25) is 5.02 Å². The van der Waals surface area contributed by atoms with Gasteiger partial charge in [0.05, 0.1) is 28.1 Å². The highest BCUT2D eigenvalue weighted by Gasteiger charge is 2.32. The van der Waals surface area contributed by atoms with E-state index in [2.05, 4.69) is 0 Å². The van der Waals surface area contributed by atoms with Gasteiger partial charge >= 0.3 is 6.09 Å². The molecule has 1 heterocycles. The number of nitro groups is 1. The molecule has 2 aromatic carbocycles. The third-order valence-corrected chi connectivity index (χ3v) is 4.80. The number of halogens is 1. The van der Waals surface area contributed by atoms with Crippen molar-refractivity contribution in [1.29, 1.82) is 0 Å². The number of benzene rings is 2. The molecule has 0 bridgehead atoms. The molecule has 3 rings (SSSR count). The van der Waals surface area contributed by atoms with Gasteiger partial charge in [0.1, 0.15) is 0 Å². The summed E-state index contributed by atoms with van der Waals surface area (Å²) in [5.41, 5.74) is 1.19. The summed E-state index contributed by atoms with van der Waals surface area (Å²) in [5, 5.41) is 20.3. The Balaban J connectivity index is 2.04. The fourth-order valence-corrected chi connectivity index (χ4v) is 3.35. The average Bonchev–Trinajstić information content (AvgIpc) is 2.78. The fourth-order valence-electron chi connectivity index (χ4n) is 3.09. The summed E-state index contributed by atoms with van der Waals surface area (Å²) in [7, 11) is 0. The van der Waals surface area contributed by atoms with Crippen LogP contribution in [0.4, 0.5) is 16.2 Å². The van der Waals surface area contributed by atoms with E-state index in [0.29, 0.717) is 11.3 Å². The first-order chi connectivity index (χ1) is 12.8. The lowest BCUT2D eigenvalue weighted by molar-refractivity contribution is -0.384. The van der Waals surface area contributed by atoms with E-state index in [1.807, 2.05) is 0 Å². The van der Waals surface area contributed by atoms with Gasteiger partial charge in [0.25, 0.3) is 11.6 Å². The largest absolute Gasteiger partial charge is 0.465 e. The van der Waals surface area contributed by atoms with Crippen LogP contribution in [0.3, 0.4) is 0 Å². The maximum atomic E-state index is 13.1. The van der Waals surface area contributed by atoms with Crippen molar-refractivity contribution in [3.05, 3.63) is 68.7 Å². The van der Waals surface area contributed by atoms with Gasteiger partial charge in [0.2, 0.25) is 0 Å². The predicted octanol–water partition coefficient (Wildman–Crippen LogP) is 3.78. The standard InChI is InChI=1S/C18H16ClN3O5/c1-11-9-21(16-5-3-2-4-12(16)10-20(11)18(24)25)17(23)14-7-6-13(22(26)27)8-15(14)19/h2-8,11H,9-10H2,1H3,(H,24,25)/t11-/m1/s1. The van der Waals surface area contributed by atoms with Gasteiger partial charge in [-0.25, -0.2) is 4.79 Å². The van der Waals surface area contributed by atoms with Crippen molar-refractivity contribution in [3.8, 4) is 0 Å². The Morgan fingerprint density at radius 2 is 1.96 bits per heavy atom. The molecule has 2 amide bonds. The summed E-state index contributed by atoms with van der Waals surface area (Å²) < 4.78 is 0. The normalized spacial score (nSPS) is 16.4. The topological polar surface area (TPSA) is 104 Å². The molecule has 0 aromatic heterocycles. The van der Waals surface area contributed by atoms with E-state index in [1.165, 1.54) is 21.9 Å². The SMILES string of the molecule is C[C@@H]1CN(C(=O)c2ccc([N+](=O)[O-])cc2Cl)c2ccccc2CN1C(=O)O. The van der Waals surface area contributed by atoms with Crippen LogP contribution >= 0.6 is 11.6 Å². The Labute approximate surface area is 159 Å². The number of rotatable bonds is 2. The highest BCUT2D eigenvalue weighted by Crippen LogP contribution is 2.31. The molecule has 1 aliphatic rings. The molecular weight excluding hydrogens is 374 g/mol. The molecule has 9 heteroatoms. The quantitative estimate of drug-likeness (QED) is 0.621. The minimum absolute atomic E-state index is 0.0290. The van der Waals surface area contributed by atoms with Crippen molar-refractivity contribution < 1.29 is 19.6 Å². The van der Waals surface area contributed by atoms with E-state index in [9.17, 15) is 24.8 Å². The van der Waals surface area contributed by atoms with Crippen molar-refractivity contribution in [2.45, 2.75) is 19.5 Å². The molecule has 8 nitrogen and oxygen atoms in total. The van der Waals surface area contributed by atoms with Crippen LogP contribution in [-0.4, -0.2) is 39.5 Å². The molecule has 0 saturated heterocycles. The zero-order chi connectivity index (χ0) is 19.7. The van der Waals surface area contributed by atoms with Crippen LogP contribution in [-0.2, 0) is 6.54 Å². The Bertz CT molecular complexity index is 933. The Hall–Kier alpha value is -3.13. The van der Waals surface area contributed by atoms with Crippen LogP contribution in [0.5, 0.6) is 0 Å². The third kappa shape index (κ3) is 3.56. The summed E-state index contributed by atoms with van der Waals surface area (Å²) in [5.74, 6) is -0.443. The number of hydrogen-bond donors (Lipinski definition) is 1. The van der Waals surface area contributed by atoms with Crippen molar-refractivity contribution in [3.63, 3.8) is 0 Å². The summed E-state index contributed by atoms with van der Waals surface area (Å²) in [4.78, 5) is 37.7. The molecule has 140 valence electrons. The molecule has 27 heavy (non-hydrogen) atoms. The lowest BCUT2D eigenvalue weighted by atomic mass is 10.1. The van der Waals surface area contributed by atoms with Gasteiger partial charge in [0, 0.05) is 24.4 Å². The number of para-hydroxylation sites is 1. The summed E-state index contributed by atoms with van der Waals surface area (Å²) in [6, 6.07) is 10.3. The number of hydrogen-bond acceptors (Lipinski definition) is 4. The van der Waals surface area contributed by atoms with Gasteiger partial charge < -0.3 is 10.0 Å². The Morgan fingerprint density at radius 1 is 1.26 bits per heavy atom. The fraction of sp³-hybridized carbons (Fsp3) is 0.222. The van der Waals surface area contributed by atoms with Crippen LogP contribution in [0.1, 0.15) is 22.8 Å². The van der Waals surface area contributed by atoms with Gasteiger partial charge in [-0.1, -0.05) is 29.8 Å². The smallest absolute Gasteiger partial charge is 0.407 e. The van der Waals surface area contributed by atoms with E-state index in [1.54, 1.807) is 31.2 Å². The number of amides is 2. The number of non-ortho nitro benzene ring substituents is 1. The zero-order valence-electron chi connectivity index (χ0n) is 14.3. The third-order valence-electron chi connectivity index (χ3n) is 4.49. The highest BCUT2D eigenvalue weighted by atomic mass is 35.5. The molecule has 0 saturated carbocycles. The van der Waals surface area contributed by atoms with Gasteiger partial charge in [-0.05, 0) is 24.6 Å². The van der Waals surface area contributed by atoms with E-state index < -0.39 is 23.0 Å². The molecule has 0 radical (unpaired) electrons. The molecular formula is C18H16ClN3O5. The van der Waals surface area contributed by atoms with Gasteiger partial charge in [0.15, 0.2) is 0 Å². The number of carbonyl (C=O) groups excluding carboxylic acids is 1. The second-order valence-corrected chi connectivity index (χ2v) is 6.63. The minimum Gasteiger partial charge on any atom is -0.465 e. The average molecular weight is 390 g/mol. The number of fused-ring (bicyclic) bond motifs is 1. The molecule has 0 aliphatic carbocycles. The first-order valence-electron chi connectivity index (χ1n) is 8.13. The number of nitro benzene ring substituents is 1. The van der Waals surface area contributed by atoms with Crippen molar-refractivity contribution in [1.82, 2.24) is 4.90 Å². The lowest BCUT2D eigenvalue weighted by Gasteiger charge is -2.27. The van der Waals surface area contributed by atoms with Gasteiger partial charge in [-0.15, -0.1) is 0 Å². The summed E-state index contributed by atoms with van der Waals surface area (Å²) in [6.45, 7) is 2.01. The summed E-state index contributed by atoms with van der Waals surface area (Å²) in [6.07, 6.45) is -1.07. The molecule has 0 fully saturated rings. The monoisotopic (exact) mass is 389 g/mol. The maximum Gasteiger partial charge on any atom is 0.407 e. The first kappa shape index (κ1) is 18.7. The lowest BCUT2D eigenvalue weighted by Crippen LogP contribution is -2.44. The number of carboxylic acid groups (broad SMARTS) is 1. The van der Waals surface area contributed by atoms with Gasteiger partial charge in [-0.3, -0.25) is 19.8 Å². The second-order valence-electron chi connectivity index (χ2n) is 6.23. The van der Waals surface area contributed by atoms with Crippen LogP contribution in [0.25, 0.3) is 0 Å². The van der Waals surface area contributed by atoms with Crippen LogP contribution in [0, 0.1) is 10.1 Å². The molecule has 1 aliphatic heterocycles. The van der Waals surface area contributed by atoms with E-state index >= 15 is 0 Å². The van der Waals surface area contributed by atoms with Crippen molar-refractivity contribution in [2.75, 3.05) is 11.4 Å². The van der Waals surface area contributed by atoms with Crippen LogP contribution in [0.15, 0.2) is 42.5 Å². The second kappa shape index (κ2) is 7.24. The molecule has 0 spiro atoms. The highest BCUT2D eigenvalue weighted by molar-refractivity contribution is 6.34. The number of anilines is 1. The van der Waals surface area contributed by atoms with E-state index in [-0.39, 0.29) is 29.4 Å². The number of carbonyl (C=O) groups is 2. The van der Waals surface area contributed by atoms with Crippen molar-refractivity contribution >= 4 is 35.0 Å². The first-order valence-corrected chi connectivity index (χ1v) is 8.50. The zero-order valence-corrected chi connectivity index (χ0v) is 15.1. The van der Waals surface area contributed by atoms with E-state index in [0.717, 1.165) is 6.07 Å². The Kier molecular flexibility index (Phi) is 5.00. The van der Waals surface area contributed by atoms with Gasteiger partial charge in [-0.2, -0.15) is 0 Å². The predicted molar refractivity (Wildman–Crippen MR) is 99.3 cm³/mol. The molecule has 1 N–H and O–H groups in total. The molecule has 0 unspecified atom stereocenters. The summed E-state index contributed by atoms with van der Waals surface area (Å²) >= 11 is 6.11. The van der Waals surface area contributed by atoms with E-state index in [4.69, 9.17) is 11.6 Å². The number of nitrogens with zero attached hydrogens (tertiary/aromatic N) is 3. The Morgan fingerprint density at radius 3 is 2.59 bits per heavy atom. The maximum absolute atomic E-state index is 13.1. The molecule has 1 atom stereocenters. The molecule has 2 aromatic rings. The van der Waals surface area contributed by atoms with Crippen LogP contribution < -0.4 is 4.90 Å². The van der Waals surface area contributed by atoms with Crippen molar-refractivity contribution in [2.24, 2.45) is 0 Å². The minimum atomic E-state index is -1.07.